The van der Waals surface area contributed by atoms with Gasteiger partial charge in [0.1, 0.15) is 0 Å². The normalized spacial score (nSPS) is 13.3. The summed E-state index contributed by atoms with van der Waals surface area (Å²) in [5.41, 5.74) is 1.03. The van der Waals surface area contributed by atoms with Crippen LogP contribution in [0.2, 0.25) is 0 Å². The molecule has 0 fully saturated rings. The number of sulfonamides is 1. The smallest absolute Gasteiger partial charge is 0.242 e. The zero-order valence-corrected chi connectivity index (χ0v) is 17.1. The van der Waals surface area contributed by atoms with Crippen molar-refractivity contribution in [3.63, 3.8) is 0 Å². The molecule has 0 aliphatic heterocycles. The lowest BCUT2D eigenvalue weighted by atomic mass is 10.0. The lowest BCUT2D eigenvalue weighted by Gasteiger charge is -2.15. The number of nitrogens with zero attached hydrogens (tertiary/aromatic N) is 2. The Bertz CT molecular complexity index is 849. The van der Waals surface area contributed by atoms with Gasteiger partial charge in [-0.2, -0.15) is 0 Å². The molecule has 1 aromatic carbocycles. The predicted molar refractivity (Wildman–Crippen MR) is 111 cm³/mol. The highest BCUT2D eigenvalue weighted by atomic mass is 32.2. The molecule has 4 N–H and O–H groups in total. The molecule has 0 amide bonds. The minimum atomic E-state index is -3.52. The van der Waals surface area contributed by atoms with Gasteiger partial charge in [-0.05, 0) is 18.6 Å². The first-order valence-corrected chi connectivity index (χ1v) is 10.7. The van der Waals surface area contributed by atoms with Gasteiger partial charge in [0.05, 0.1) is 18.0 Å². The summed E-state index contributed by atoms with van der Waals surface area (Å²) in [5.74, 6) is 0.490. The molecular formula is C19H29N5O3S. The Morgan fingerprint density at radius 1 is 1.18 bits per heavy atom. The average molecular weight is 408 g/mol. The molecule has 154 valence electrons. The molecule has 0 bridgehead atoms. The average Bonchev–Trinajstić information content (AvgIpc) is 3.14. The van der Waals surface area contributed by atoms with Crippen molar-refractivity contribution in [3.8, 4) is 0 Å². The number of aliphatic hydroxyl groups is 1. The third kappa shape index (κ3) is 6.66. The van der Waals surface area contributed by atoms with Gasteiger partial charge in [0, 0.05) is 45.0 Å². The van der Waals surface area contributed by atoms with E-state index >= 15 is 0 Å². The number of hydrogen-bond acceptors (Lipinski definition) is 4. The summed E-state index contributed by atoms with van der Waals surface area (Å²) in [5, 5.41) is 15.9. The SMILES string of the molecule is CCNC(=NCC(CO)c1ccccc1)NCCNS(=O)(=O)c1ccn(C)c1. The maximum absolute atomic E-state index is 12.2. The summed E-state index contributed by atoms with van der Waals surface area (Å²) in [6, 6.07) is 11.3. The van der Waals surface area contributed by atoms with Crippen LogP contribution in [0.4, 0.5) is 0 Å². The van der Waals surface area contributed by atoms with Crippen molar-refractivity contribution in [1.82, 2.24) is 19.9 Å². The fourth-order valence-corrected chi connectivity index (χ4v) is 3.71. The van der Waals surface area contributed by atoms with Crippen molar-refractivity contribution in [2.45, 2.75) is 17.7 Å². The van der Waals surface area contributed by atoms with Crippen LogP contribution in [-0.2, 0) is 17.1 Å². The largest absolute Gasteiger partial charge is 0.396 e. The van der Waals surface area contributed by atoms with Crippen molar-refractivity contribution in [1.29, 1.82) is 0 Å². The number of benzene rings is 1. The molecule has 0 saturated carbocycles. The summed E-state index contributed by atoms with van der Waals surface area (Å²) in [6.45, 7) is 3.67. The maximum Gasteiger partial charge on any atom is 0.242 e. The van der Waals surface area contributed by atoms with Crippen molar-refractivity contribution in [3.05, 3.63) is 54.4 Å². The second-order valence-electron chi connectivity index (χ2n) is 6.35. The number of aryl methyl sites for hydroxylation is 1. The zero-order chi connectivity index (χ0) is 20.4. The van der Waals surface area contributed by atoms with Crippen LogP contribution in [0.1, 0.15) is 18.4 Å². The Labute approximate surface area is 166 Å². The summed E-state index contributed by atoms with van der Waals surface area (Å²) in [6.07, 6.45) is 3.24. The van der Waals surface area contributed by atoms with Crippen molar-refractivity contribution < 1.29 is 13.5 Å². The molecule has 1 unspecified atom stereocenters. The van der Waals surface area contributed by atoms with Gasteiger partial charge in [-0.3, -0.25) is 4.99 Å². The summed E-state index contributed by atoms with van der Waals surface area (Å²) < 4.78 is 28.7. The van der Waals surface area contributed by atoms with Gasteiger partial charge in [0.25, 0.3) is 0 Å². The Kier molecular flexibility index (Phi) is 8.49. The van der Waals surface area contributed by atoms with Crippen molar-refractivity contribution in [2.24, 2.45) is 12.0 Å². The fourth-order valence-electron chi connectivity index (χ4n) is 2.62. The van der Waals surface area contributed by atoms with Crippen molar-refractivity contribution >= 4 is 16.0 Å². The molecule has 28 heavy (non-hydrogen) atoms. The van der Waals surface area contributed by atoms with E-state index in [0.29, 0.717) is 25.6 Å². The molecule has 8 nitrogen and oxygen atoms in total. The molecule has 0 aliphatic carbocycles. The molecule has 0 spiro atoms. The number of aliphatic hydroxyl groups excluding tert-OH is 1. The van der Waals surface area contributed by atoms with Crippen LogP contribution in [0.25, 0.3) is 0 Å². The van der Waals surface area contributed by atoms with Crippen LogP contribution in [0, 0.1) is 0 Å². The van der Waals surface area contributed by atoms with E-state index in [1.165, 1.54) is 0 Å². The topological polar surface area (TPSA) is 108 Å². The first-order chi connectivity index (χ1) is 13.5. The lowest BCUT2D eigenvalue weighted by molar-refractivity contribution is 0.268. The van der Waals surface area contributed by atoms with E-state index in [4.69, 9.17) is 0 Å². The maximum atomic E-state index is 12.2. The van der Waals surface area contributed by atoms with Crippen LogP contribution in [0.15, 0.2) is 58.7 Å². The predicted octanol–water partition coefficient (Wildman–Crippen LogP) is 0.635. The van der Waals surface area contributed by atoms with Gasteiger partial charge in [0.2, 0.25) is 10.0 Å². The third-order valence-corrected chi connectivity index (χ3v) is 5.58. The number of hydrogen-bond donors (Lipinski definition) is 4. The van der Waals surface area contributed by atoms with E-state index in [0.717, 1.165) is 5.56 Å². The zero-order valence-electron chi connectivity index (χ0n) is 16.3. The van der Waals surface area contributed by atoms with Crippen LogP contribution in [-0.4, -0.2) is 56.8 Å². The van der Waals surface area contributed by atoms with Crippen LogP contribution in [0.3, 0.4) is 0 Å². The van der Waals surface area contributed by atoms with Gasteiger partial charge >= 0.3 is 0 Å². The minimum Gasteiger partial charge on any atom is -0.396 e. The molecule has 9 heteroatoms. The number of guanidine groups is 1. The highest BCUT2D eigenvalue weighted by Gasteiger charge is 2.14. The van der Waals surface area contributed by atoms with E-state index in [9.17, 15) is 13.5 Å². The van der Waals surface area contributed by atoms with Gasteiger partial charge in [0.15, 0.2) is 5.96 Å². The number of rotatable bonds is 10. The Balaban J connectivity index is 1.87. The van der Waals surface area contributed by atoms with Crippen LogP contribution < -0.4 is 15.4 Å². The summed E-state index contributed by atoms with van der Waals surface area (Å²) in [7, 11) is -1.75. The third-order valence-electron chi connectivity index (χ3n) is 4.13. The number of aromatic nitrogens is 1. The van der Waals surface area contributed by atoms with Gasteiger partial charge in [-0.15, -0.1) is 0 Å². The second kappa shape index (κ2) is 10.8. The molecule has 2 rings (SSSR count). The standard InChI is InChI=1S/C19H29N5O3S/c1-3-20-19(22-13-17(15-25)16-7-5-4-6-8-16)21-10-11-23-28(26,27)18-9-12-24(2)14-18/h4-9,12,14,17,23,25H,3,10-11,13,15H2,1-2H3,(H2,20,21,22). The second-order valence-corrected chi connectivity index (χ2v) is 8.11. The minimum absolute atomic E-state index is 0.00376. The molecule has 1 atom stereocenters. The number of nitrogens with one attached hydrogen (secondary N) is 3. The lowest BCUT2D eigenvalue weighted by Crippen LogP contribution is -2.41. The molecule has 1 heterocycles. The molecular weight excluding hydrogens is 378 g/mol. The Morgan fingerprint density at radius 3 is 2.54 bits per heavy atom. The van der Waals surface area contributed by atoms with Crippen LogP contribution >= 0.6 is 0 Å². The van der Waals surface area contributed by atoms with E-state index in [1.54, 1.807) is 30.1 Å². The Morgan fingerprint density at radius 2 is 1.93 bits per heavy atom. The molecule has 0 radical (unpaired) electrons. The van der Waals surface area contributed by atoms with E-state index in [2.05, 4.69) is 20.3 Å². The van der Waals surface area contributed by atoms with Crippen LogP contribution in [0.5, 0.6) is 0 Å². The van der Waals surface area contributed by atoms with Gasteiger partial charge in [-0.1, -0.05) is 30.3 Å². The van der Waals surface area contributed by atoms with E-state index in [1.807, 2.05) is 37.3 Å². The summed E-state index contributed by atoms with van der Waals surface area (Å²) >= 11 is 0. The summed E-state index contributed by atoms with van der Waals surface area (Å²) in [4.78, 5) is 4.75. The van der Waals surface area contributed by atoms with Gasteiger partial charge in [-0.25, -0.2) is 13.1 Å². The highest BCUT2D eigenvalue weighted by Crippen LogP contribution is 2.14. The Hall–Kier alpha value is -2.36. The molecule has 0 aliphatic rings. The quantitative estimate of drug-likeness (QED) is 0.263. The fraction of sp³-hybridized carbons (Fsp3) is 0.421. The number of aliphatic imine (C=N–C) groups is 1. The first kappa shape index (κ1) is 21.9. The van der Waals surface area contributed by atoms with Gasteiger partial charge < -0.3 is 20.3 Å². The highest BCUT2D eigenvalue weighted by molar-refractivity contribution is 7.89. The molecule has 1 aromatic heterocycles. The molecule has 2 aromatic rings. The van der Waals surface area contributed by atoms with Crippen molar-refractivity contribution in [2.75, 3.05) is 32.8 Å². The first-order valence-electron chi connectivity index (χ1n) is 9.26. The monoisotopic (exact) mass is 407 g/mol. The van der Waals surface area contributed by atoms with E-state index in [-0.39, 0.29) is 24.0 Å². The van der Waals surface area contributed by atoms with E-state index < -0.39 is 10.0 Å². The molecule has 0 saturated heterocycles.